The highest BCUT2D eigenvalue weighted by Crippen LogP contribution is 2.64. The molecule has 0 bridgehead atoms. The van der Waals surface area contributed by atoms with E-state index in [4.69, 9.17) is 5.26 Å². The van der Waals surface area contributed by atoms with Crippen molar-refractivity contribution >= 4 is 0 Å². The van der Waals surface area contributed by atoms with E-state index in [9.17, 15) is 0 Å². The van der Waals surface area contributed by atoms with Crippen molar-refractivity contribution in [3.63, 3.8) is 0 Å². The number of nitrogens with zero attached hydrogens (tertiary/aromatic N) is 2. The molecule has 2 rings (SSSR count). The molecule has 1 aliphatic carbocycles. The van der Waals surface area contributed by atoms with Gasteiger partial charge in [0.25, 0.3) is 0 Å². The van der Waals surface area contributed by atoms with Gasteiger partial charge in [0.15, 0.2) is 0 Å². The molecule has 0 radical (unpaired) electrons. The topological polar surface area (TPSA) is 27.0 Å². The van der Waals surface area contributed by atoms with Crippen molar-refractivity contribution in [2.24, 2.45) is 17.3 Å². The van der Waals surface area contributed by atoms with Crippen molar-refractivity contribution in [2.45, 2.75) is 19.9 Å². The van der Waals surface area contributed by atoms with E-state index in [0.717, 1.165) is 12.5 Å². The van der Waals surface area contributed by atoms with Gasteiger partial charge >= 0.3 is 0 Å². The fraction of sp³-hybridized carbons (Fsp3) is 0.889. The molecule has 3 atom stereocenters. The van der Waals surface area contributed by atoms with E-state index in [-0.39, 0.29) is 6.04 Å². The Morgan fingerprint density at radius 3 is 2.55 bits per heavy atom. The molecule has 0 aromatic heterocycles. The van der Waals surface area contributed by atoms with Crippen molar-refractivity contribution in [1.29, 1.82) is 5.26 Å². The Kier molecular flexibility index (Phi) is 1.15. The highest BCUT2D eigenvalue weighted by atomic mass is 15.2. The lowest BCUT2D eigenvalue weighted by Crippen LogP contribution is -2.31. The van der Waals surface area contributed by atoms with Crippen LogP contribution in [0, 0.1) is 28.6 Å². The molecule has 1 saturated heterocycles. The second-order valence-corrected chi connectivity index (χ2v) is 4.47. The molecule has 1 saturated carbocycles. The second-order valence-electron chi connectivity index (χ2n) is 4.47. The molecule has 0 spiro atoms. The van der Waals surface area contributed by atoms with E-state index in [1.807, 2.05) is 0 Å². The molecule has 2 nitrogen and oxygen atoms in total. The fourth-order valence-corrected chi connectivity index (χ4v) is 2.64. The Balaban J connectivity index is 2.18. The summed E-state index contributed by atoms with van der Waals surface area (Å²) in [5.41, 5.74) is 0.451. The normalized spacial score (nSPS) is 46.5. The minimum absolute atomic E-state index is 0.190. The highest BCUT2D eigenvalue weighted by molar-refractivity contribution is 5.21. The number of likely N-dealkylation sites (tertiary alicyclic amines) is 1. The Hall–Kier alpha value is -0.550. The SMILES string of the molecule is CN1C[C@@H]2[C@H]([C@@H]1C#N)C2(C)C. The molecule has 11 heavy (non-hydrogen) atoms. The Morgan fingerprint density at radius 1 is 1.55 bits per heavy atom. The van der Waals surface area contributed by atoms with Gasteiger partial charge < -0.3 is 0 Å². The van der Waals surface area contributed by atoms with Crippen LogP contribution in [0.4, 0.5) is 0 Å². The van der Waals surface area contributed by atoms with Crippen LogP contribution < -0.4 is 0 Å². The number of piperidine rings is 1. The zero-order chi connectivity index (χ0) is 8.22. The molecule has 1 aliphatic heterocycles. The van der Waals surface area contributed by atoms with Gasteiger partial charge in [-0.2, -0.15) is 5.26 Å². The first-order chi connectivity index (χ1) is 5.09. The van der Waals surface area contributed by atoms with E-state index in [0.29, 0.717) is 11.3 Å². The van der Waals surface area contributed by atoms with Crippen LogP contribution in [-0.2, 0) is 0 Å². The zero-order valence-electron chi connectivity index (χ0n) is 7.33. The van der Waals surface area contributed by atoms with Gasteiger partial charge in [0.1, 0.15) is 6.04 Å². The lowest BCUT2D eigenvalue weighted by Gasteiger charge is -2.21. The summed E-state index contributed by atoms with van der Waals surface area (Å²) >= 11 is 0. The lowest BCUT2D eigenvalue weighted by molar-refractivity contribution is 0.261. The first kappa shape index (κ1) is 7.12. The molecule has 0 aromatic rings. The molecule has 60 valence electrons. The maximum Gasteiger partial charge on any atom is 0.101 e. The smallest absolute Gasteiger partial charge is 0.101 e. The molecule has 0 aromatic carbocycles. The zero-order valence-corrected chi connectivity index (χ0v) is 7.33. The molecule has 1 heterocycles. The number of hydrogen-bond donors (Lipinski definition) is 0. The van der Waals surface area contributed by atoms with Crippen LogP contribution in [-0.4, -0.2) is 24.5 Å². The van der Waals surface area contributed by atoms with Gasteiger partial charge in [0, 0.05) is 6.54 Å². The molecular formula is C9H14N2. The van der Waals surface area contributed by atoms with Gasteiger partial charge in [-0.1, -0.05) is 13.8 Å². The van der Waals surface area contributed by atoms with Crippen LogP contribution in [0.25, 0.3) is 0 Å². The number of nitriles is 1. The molecule has 2 heteroatoms. The van der Waals surface area contributed by atoms with Crippen LogP contribution in [0.1, 0.15) is 13.8 Å². The molecule has 0 N–H and O–H groups in total. The fourth-order valence-electron chi connectivity index (χ4n) is 2.64. The number of fused-ring (bicyclic) bond motifs is 1. The van der Waals surface area contributed by atoms with Gasteiger partial charge in [0.2, 0.25) is 0 Å². The van der Waals surface area contributed by atoms with Crippen molar-refractivity contribution in [2.75, 3.05) is 13.6 Å². The van der Waals surface area contributed by atoms with Crippen molar-refractivity contribution < 1.29 is 0 Å². The standard InChI is InChI=1S/C9H14N2/c1-9(2)6-5-11(3)7(4-10)8(6)9/h6-8H,5H2,1-3H3/t6-,7+,8-/m1/s1. The first-order valence-electron chi connectivity index (χ1n) is 4.19. The average molecular weight is 150 g/mol. The average Bonchev–Trinajstić information content (AvgIpc) is 2.38. The summed E-state index contributed by atoms with van der Waals surface area (Å²) in [5, 5.41) is 8.87. The molecule has 0 amide bonds. The van der Waals surface area contributed by atoms with Crippen LogP contribution in [0.15, 0.2) is 0 Å². The third kappa shape index (κ3) is 0.696. The Bertz CT molecular complexity index is 226. The van der Waals surface area contributed by atoms with Crippen molar-refractivity contribution in [3.8, 4) is 6.07 Å². The molecule has 2 aliphatic rings. The number of rotatable bonds is 0. The first-order valence-corrected chi connectivity index (χ1v) is 4.19. The predicted molar refractivity (Wildman–Crippen MR) is 42.8 cm³/mol. The summed E-state index contributed by atoms with van der Waals surface area (Å²) in [6, 6.07) is 2.58. The van der Waals surface area contributed by atoms with Gasteiger partial charge in [0.05, 0.1) is 6.07 Å². The van der Waals surface area contributed by atoms with E-state index in [1.54, 1.807) is 0 Å². The summed E-state index contributed by atoms with van der Waals surface area (Å²) < 4.78 is 0. The van der Waals surface area contributed by atoms with Gasteiger partial charge in [-0.25, -0.2) is 0 Å². The van der Waals surface area contributed by atoms with Crippen LogP contribution in [0.3, 0.4) is 0 Å². The second kappa shape index (κ2) is 1.78. The summed E-state index contributed by atoms with van der Waals surface area (Å²) in [5.74, 6) is 1.44. The maximum absolute atomic E-state index is 8.87. The van der Waals surface area contributed by atoms with Gasteiger partial charge in [-0.3, -0.25) is 4.90 Å². The van der Waals surface area contributed by atoms with Crippen LogP contribution >= 0.6 is 0 Å². The predicted octanol–water partition coefficient (Wildman–Crippen LogP) is 1.10. The lowest BCUT2D eigenvalue weighted by atomic mass is 10.0. The van der Waals surface area contributed by atoms with Crippen molar-refractivity contribution in [1.82, 2.24) is 4.90 Å². The van der Waals surface area contributed by atoms with Crippen LogP contribution in [0.2, 0.25) is 0 Å². The minimum Gasteiger partial charge on any atom is -0.291 e. The summed E-state index contributed by atoms with van der Waals surface area (Å²) in [4.78, 5) is 2.18. The van der Waals surface area contributed by atoms with Gasteiger partial charge in [-0.15, -0.1) is 0 Å². The monoisotopic (exact) mass is 150 g/mol. The van der Waals surface area contributed by atoms with E-state index < -0.39 is 0 Å². The summed E-state index contributed by atoms with van der Waals surface area (Å²) in [6.07, 6.45) is 0. The molecule has 2 fully saturated rings. The van der Waals surface area contributed by atoms with E-state index in [1.165, 1.54) is 0 Å². The van der Waals surface area contributed by atoms with Crippen molar-refractivity contribution in [3.05, 3.63) is 0 Å². The third-order valence-corrected chi connectivity index (χ3v) is 3.57. The Morgan fingerprint density at radius 2 is 2.18 bits per heavy atom. The largest absolute Gasteiger partial charge is 0.291 e. The molecule has 0 unspecified atom stereocenters. The Labute approximate surface area is 67.8 Å². The minimum atomic E-state index is 0.190. The number of hydrogen-bond acceptors (Lipinski definition) is 2. The van der Waals surface area contributed by atoms with Crippen LogP contribution in [0.5, 0.6) is 0 Å². The summed E-state index contributed by atoms with van der Waals surface area (Å²) in [6.45, 7) is 5.68. The highest BCUT2D eigenvalue weighted by Gasteiger charge is 2.66. The van der Waals surface area contributed by atoms with Gasteiger partial charge in [-0.05, 0) is 24.3 Å². The molecular weight excluding hydrogens is 136 g/mol. The van der Waals surface area contributed by atoms with E-state index >= 15 is 0 Å². The maximum atomic E-state index is 8.87. The summed E-state index contributed by atoms with van der Waals surface area (Å²) in [7, 11) is 2.05. The quantitative estimate of drug-likeness (QED) is 0.517. The third-order valence-electron chi connectivity index (χ3n) is 3.57. The van der Waals surface area contributed by atoms with E-state index in [2.05, 4.69) is 31.9 Å².